The first kappa shape index (κ1) is 22.9. The predicted molar refractivity (Wildman–Crippen MR) is 103 cm³/mol. The summed E-state index contributed by atoms with van der Waals surface area (Å²) >= 11 is 0. The van der Waals surface area contributed by atoms with Crippen LogP contribution in [-0.4, -0.2) is 49.8 Å². The van der Waals surface area contributed by atoms with E-state index in [1.54, 1.807) is 7.11 Å². The van der Waals surface area contributed by atoms with Gasteiger partial charge in [0, 0.05) is 20.3 Å². The van der Waals surface area contributed by atoms with E-state index in [4.69, 9.17) is 14.2 Å². The molecule has 2 rings (SSSR count). The van der Waals surface area contributed by atoms with Crippen LogP contribution in [0.15, 0.2) is 0 Å². The summed E-state index contributed by atoms with van der Waals surface area (Å²) in [4.78, 5) is 0. The smallest absolute Gasteiger partial charge is 0.0836 e. The Morgan fingerprint density at radius 2 is 1.24 bits per heavy atom. The molecule has 25 heavy (non-hydrogen) atoms. The highest BCUT2D eigenvalue weighted by Gasteiger charge is 2.30. The molecule has 0 aliphatic heterocycles. The fraction of sp³-hybridized carbons (Fsp3) is 1.00. The first-order chi connectivity index (χ1) is 12.1. The van der Waals surface area contributed by atoms with Crippen molar-refractivity contribution in [3.63, 3.8) is 0 Å². The maximum Gasteiger partial charge on any atom is 0.0836 e. The molecule has 0 radical (unpaired) electrons. The van der Waals surface area contributed by atoms with Crippen molar-refractivity contribution in [3.05, 3.63) is 0 Å². The Kier molecular flexibility index (Phi) is 12.0. The van der Waals surface area contributed by atoms with Crippen molar-refractivity contribution in [1.29, 1.82) is 0 Å². The van der Waals surface area contributed by atoms with E-state index in [1.165, 1.54) is 38.5 Å². The number of ether oxygens (including phenoxy) is 3. The summed E-state index contributed by atoms with van der Waals surface area (Å²) in [7, 11) is 1.80. The molecule has 2 aliphatic rings. The lowest BCUT2D eigenvalue weighted by atomic mass is 9.84. The van der Waals surface area contributed by atoms with Crippen LogP contribution in [-0.2, 0) is 14.2 Å². The number of aliphatic hydroxyl groups is 1. The van der Waals surface area contributed by atoms with Crippen molar-refractivity contribution in [2.24, 2.45) is 11.8 Å². The largest absolute Gasteiger partial charge is 0.390 e. The highest BCUT2D eigenvalue weighted by molar-refractivity contribution is 4.81. The van der Waals surface area contributed by atoms with E-state index in [-0.39, 0.29) is 12.2 Å². The fourth-order valence-electron chi connectivity index (χ4n) is 4.17. The zero-order chi connectivity index (χ0) is 18.7. The normalized spacial score (nSPS) is 35.8. The third-order valence-electron chi connectivity index (χ3n) is 5.92. The number of methoxy groups -OCH3 is 1. The molecule has 0 aromatic carbocycles. The van der Waals surface area contributed by atoms with Gasteiger partial charge in [0.05, 0.1) is 24.4 Å². The molecule has 150 valence electrons. The van der Waals surface area contributed by atoms with Crippen molar-refractivity contribution in [2.75, 3.05) is 20.3 Å². The summed E-state index contributed by atoms with van der Waals surface area (Å²) < 4.78 is 16.6. The summed E-state index contributed by atoms with van der Waals surface area (Å²) in [5.74, 6) is 1.62. The van der Waals surface area contributed by atoms with E-state index in [9.17, 15) is 5.11 Å². The first-order valence-corrected chi connectivity index (χ1v) is 10.5. The van der Waals surface area contributed by atoms with Crippen molar-refractivity contribution in [2.45, 2.75) is 103 Å². The molecule has 0 aromatic rings. The van der Waals surface area contributed by atoms with Gasteiger partial charge in [0.1, 0.15) is 0 Å². The van der Waals surface area contributed by atoms with Crippen LogP contribution in [0.5, 0.6) is 0 Å². The van der Waals surface area contributed by atoms with Crippen LogP contribution >= 0.6 is 0 Å². The number of hydrogen-bond donors (Lipinski definition) is 1. The van der Waals surface area contributed by atoms with E-state index >= 15 is 0 Å². The van der Waals surface area contributed by atoms with Gasteiger partial charge in [-0.25, -0.2) is 0 Å². The molecule has 2 aliphatic carbocycles. The summed E-state index contributed by atoms with van der Waals surface area (Å²) in [6.07, 6.45) is 9.85. The molecular formula is C21H42O4. The van der Waals surface area contributed by atoms with Crippen molar-refractivity contribution >= 4 is 0 Å². The van der Waals surface area contributed by atoms with Crippen LogP contribution in [0.1, 0.15) is 79.1 Å². The standard InChI is InChI=1S/C11H22O2.C10H20O2/c1-4-9-6-7-10(13-5-2)11(8-9)12-3;1-3-8-5-6-9(11)10(7-8)12-4-2/h9-11H,4-8H2,1-3H3;8-11H,3-7H2,1-2H3. The lowest BCUT2D eigenvalue weighted by molar-refractivity contribution is -0.0844. The molecular weight excluding hydrogens is 316 g/mol. The Labute approximate surface area is 155 Å². The van der Waals surface area contributed by atoms with Gasteiger partial charge in [-0.15, -0.1) is 0 Å². The van der Waals surface area contributed by atoms with Gasteiger partial charge < -0.3 is 19.3 Å². The minimum Gasteiger partial charge on any atom is -0.390 e. The van der Waals surface area contributed by atoms with Gasteiger partial charge in [-0.3, -0.25) is 0 Å². The molecule has 1 N–H and O–H groups in total. The molecule has 0 saturated heterocycles. The first-order valence-electron chi connectivity index (χ1n) is 10.5. The van der Waals surface area contributed by atoms with Crippen LogP contribution < -0.4 is 0 Å². The van der Waals surface area contributed by atoms with E-state index in [1.807, 2.05) is 6.92 Å². The molecule has 6 atom stereocenters. The van der Waals surface area contributed by atoms with Gasteiger partial charge in [0.2, 0.25) is 0 Å². The number of rotatable bonds is 7. The van der Waals surface area contributed by atoms with Gasteiger partial charge in [-0.2, -0.15) is 0 Å². The maximum absolute atomic E-state index is 9.59. The molecule has 2 fully saturated rings. The molecule has 0 spiro atoms. The van der Waals surface area contributed by atoms with Crippen LogP contribution in [0, 0.1) is 11.8 Å². The van der Waals surface area contributed by atoms with Crippen molar-refractivity contribution < 1.29 is 19.3 Å². The van der Waals surface area contributed by atoms with E-state index in [2.05, 4.69) is 20.8 Å². The molecule has 0 heterocycles. The van der Waals surface area contributed by atoms with Gasteiger partial charge in [0.15, 0.2) is 0 Å². The third-order valence-corrected chi connectivity index (χ3v) is 5.92. The highest BCUT2D eigenvalue weighted by atomic mass is 16.5. The lowest BCUT2D eigenvalue weighted by Gasteiger charge is -2.34. The van der Waals surface area contributed by atoms with E-state index in [0.29, 0.717) is 12.2 Å². The Morgan fingerprint density at radius 1 is 0.720 bits per heavy atom. The molecule has 0 amide bonds. The average molecular weight is 359 g/mol. The molecule has 4 heteroatoms. The predicted octanol–water partition coefficient (Wildman–Crippen LogP) is 4.58. The molecule has 0 bridgehead atoms. The molecule has 4 nitrogen and oxygen atoms in total. The van der Waals surface area contributed by atoms with E-state index < -0.39 is 0 Å². The zero-order valence-electron chi connectivity index (χ0n) is 17.2. The van der Waals surface area contributed by atoms with Gasteiger partial charge in [-0.1, -0.05) is 26.7 Å². The van der Waals surface area contributed by atoms with Crippen LogP contribution in [0.2, 0.25) is 0 Å². The molecule has 2 saturated carbocycles. The summed E-state index contributed by atoms with van der Waals surface area (Å²) in [6, 6.07) is 0. The van der Waals surface area contributed by atoms with Crippen molar-refractivity contribution in [1.82, 2.24) is 0 Å². The Bertz CT molecular complexity index is 323. The van der Waals surface area contributed by atoms with Crippen LogP contribution in [0.4, 0.5) is 0 Å². The monoisotopic (exact) mass is 358 g/mol. The second-order valence-electron chi connectivity index (χ2n) is 7.50. The van der Waals surface area contributed by atoms with Gasteiger partial charge >= 0.3 is 0 Å². The lowest BCUT2D eigenvalue weighted by Crippen LogP contribution is -2.37. The van der Waals surface area contributed by atoms with Crippen LogP contribution in [0.25, 0.3) is 0 Å². The van der Waals surface area contributed by atoms with Crippen molar-refractivity contribution in [3.8, 4) is 0 Å². The summed E-state index contributed by atoms with van der Waals surface area (Å²) in [5.41, 5.74) is 0. The van der Waals surface area contributed by atoms with E-state index in [0.717, 1.165) is 37.9 Å². The maximum atomic E-state index is 9.59. The Balaban J connectivity index is 0.000000251. The second-order valence-corrected chi connectivity index (χ2v) is 7.50. The topological polar surface area (TPSA) is 47.9 Å². The fourth-order valence-corrected chi connectivity index (χ4v) is 4.17. The zero-order valence-corrected chi connectivity index (χ0v) is 17.2. The highest BCUT2D eigenvalue weighted by Crippen LogP contribution is 2.30. The Morgan fingerprint density at radius 3 is 1.76 bits per heavy atom. The Hall–Kier alpha value is -0.160. The quantitative estimate of drug-likeness (QED) is 0.724. The third kappa shape index (κ3) is 7.94. The molecule has 6 unspecified atom stereocenters. The van der Waals surface area contributed by atoms with Gasteiger partial charge in [-0.05, 0) is 64.2 Å². The van der Waals surface area contributed by atoms with Gasteiger partial charge in [0.25, 0.3) is 0 Å². The summed E-state index contributed by atoms with van der Waals surface area (Å²) in [6.45, 7) is 10.0. The number of hydrogen-bond acceptors (Lipinski definition) is 4. The second kappa shape index (κ2) is 13.1. The summed E-state index contributed by atoms with van der Waals surface area (Å²) in [5, 5.41) is 9.59. The number of aliphatic hydroxyl groups excluding tert-OH is 1. The average Bonchev–Trinajstić information content (AvgIpc) is 2.65. The SMILES string of the molecule is CCOC1CC(CC)CCC1O.CCOC1CCC(CC)CC1OC. The van der Waals surface area contributed by atoms with Crippen LogP contribution in [0.3, 0.4) is 0 Å². The minimum atomic E-state index is -0.215. The molecule has 0 aromatic heterocycles. The minimum absolute atomic E-state index is 0.105.